The summed E-state index contributed by atoms with van der Waals surface area (Å²) in [6, 6.07) is 30.1. The molecular formula is C35H26Br2N2O3S. The number of hydrogen-bond donors (Lipinski definition) is 0. The molecule has 5 aromatic rings. The smallest absolute Gasteiger partial charge is 0.271 e. The van der Waals surface area contributed by atoms with Crippen LogP contribution in [0.4, 0.5) is 0 Å². The first-order chi connectivity index (χ1) is 21.0. The predicted molar refractivity (Wildman–Crippen MR) is 178 cm³/mol. The minimum absolute atomic E-state index is 0.0679. The lowest BCUT2D eigenvalue weighted by Crippen LogP contribution is -2.39. The zero-order valence-electron chi connectivity index (χ0n) is 23.2. The second kappa shape index (κ2) is 11.8. The third-order valence-corrected chi connectivity index (χ3v) is 10.0. The van der Waals surface area contributed by atoms with E-state index in [1.54, 1.807) is 7.11 Å². The maximum Gasteiger partial charge on any atom is 0.271 e. The van der Waals surface area contributed by atoms with Gasteiger partial charge in [0.05, 0.1) is 32.3 Å². The summed E-state index contributed by atoms with van der Waals surface area (Å²) in [5, 5.41) is 0. The van der Waals surface area contributed by atoms with E-state index in [0.717, 1.165) is 61.1 Å². The zero-order chi connectivity index (χ0) is 29.5. The molecule has 0 radical (unpaired) electrons. The minimum Gasteiger partial charge on any atom is -0.496 e. The first kappa shape index (κ1) is 28.1. The number of methoxy groups -OCH3 is 1. The summed E-state index contributed by atoms with van der Waals surface area (Å²) in [6.45, 7) is 0.451. The van der Waals surface area contributed by atoms with E-state index in [-0.39, 0.29) is 11.6 Å². The molecule has 0 amide bonds. The van der Waals surface area contributed by atoms with Crippen molar-refractivity contribution in [3.63, 3.8) is 0 Å². The fourth-order valence-electron chi connectivity index (χ4n) is 5.87. The van der Waals surface area contributed by atoms with Crippen molar-refractivity contribution in [2.75, 3.05) is 7.11 Å². The first-order valence-electron chi connectivity index (χ1n) is 13.9. The molecule has 0 spiro atoms. The molecule has 1 aliphatic carbocycles. The van der Waals surface area contributed by atoms with Crippen molar-refractivity contribution in [3.05, 3.63) is 153 Å². The Morgan fingerprint density at radius 2 is 1.67 bits per heavy atom. The predicted octanol–water partition coefficient (Wildman–Crippen LogP) is 7.43. The molecule has 0 N–H and O–H groups in total. The average molecular weight is 714 g/mol. The third-order valence-electron chi connectivity index (χ3n) is 7.85. The molecule has 214 valence electrons. The summed E-state index contributed by atoms with van der Waals surface area (Å²) in [7, 11) is 1.68. The van der Waals surface area contributed by atoms with Crippen LogP contribution in [0.2, 0.25) is 0 Å². The number of aryl methyl sites for hydroxylation is 1. The van der Waals surface area contributed by atoms with Gasteiger partial charge in [0.1, 0.15) is 18.1 Å². The molecule has 0 fully saturated rings. The largest absolute Gasteiger partial charge is 0.496 e. The Hall–Kier alpha value is -3.72. The van der Waals surface area contributed by atoms with Crippen molar-refractivity contribution in [1.82, 2.24) is 4.57 Å². The van der Waals surface area contributed by atoms with E-state index in [1.165, 1.54) is 16.9 Å². The number of ether oxygens (including phenoxy) is 2. The molecular weight excluding hydrogens is 688 g/mol. The highest BCUT2D eigenvalue weighted by Crippen LogP contribution is 2.43. The summed E-state index contributed by atoms with van der Waals surface area (Å²) in [4.78, 5) is 20.0. The highest BCUT2D eigenvalue weighted by atomic mass is 79.9. The zero-order valence-corrected chi connectivity index (χ0v) is 27.2. The van der Waals surface area contributed by atoms with Crippen LogP contribution in [-0.2, 0) is 13.0 Å². The lowest BCUT2D eigenvalue weighted by molar-refractivity contribution is 0.302. The molecule has 8 heteroatoms. The Morgan fingerprint density at radius 1 is 0.953 bits per heavy atom. The standard InChI is InChI=1S/C35H26Br2N2O3S/c1-41-29-14-8-7-13-25(29)32-26-16-15-23-11-5-6-12-24(23)31(26)38-35-39(32)34(40)30(43-35)19-22-17-27(36)33(28(37)18-22)42-20-21-9-3-2-4-10-21/h2-14,17-19,32H,15-16,20H2,1H3/b30-19+/t32-/m0/s1. The molecule has 0 saturated carbocycles. The maximum atomic E-state index is 14.2. The summed E-state index contributed by atoms with van der Waals surface area (Å²) < 4.78 is 16.0. The Labute approximate surface area is 269 Å². The second-order valence-corrected chi connectivity index (χ2v) is 13.2. The number of para-hydroxylation sites is 1. The quantitative estimate of drug-likeness (QED) is 0.184. The Kier molecular flexibility index (Phi) is 7.67. The van der Waals surface area contributed by atoms with Gasteiger partial charge in [-0.15, -0.1) is 0 Å². The van der Waals surface area contributed by atoms with E-state index in [0.29, 0.717) is 21.7 Å². The first-order valence-corrected chi connectivity index (χ1v) is 16.3. The molecule has 2 aliphatic rings. The van der Waals surface area contributed by atoms with Crippen LogP contribution >= 0.6 is 43.2 Å². The summed E-state index contributed by atoms with van der Waals surface area (Å²) >= 11 is 8.77. The van der Waals surface area contributed by atoms with Gasteiger partial charge < -0.3 is 9.47 Å². The number of benzene rings is 4. The van der Waals surface area contributed by atoms with Gasteiger partial charge in [0.25, 0.3) is 5.56 Å². The molecule has 1 aromatic heterocycles. The molecule has 4 aromatic carbocycles. The maximum absolute atomic E-state index is 14.2. The number of hydrogen-bond acceptors (Lipinski definition) is 5. The van der Waals surface area contributed by atoms with Crippen molar-refractivity contribution in [3.8, 4) is 11.5 Å². The van der Waals surface area contributed by atoms with Gasteiger partial charge in [-0.1, -0.05) is 84.1 Å². The Bertz CT molecular complexity index is 2060. The van der Waals surface area contributed by atoms with Crippen molar-refractivity contribution in [2.45, 2.75) is 25.5 Å². The van der Waals surface area contributed by atoms with Crippen LogP contribution < -0.4 is 24.4 Å². The number of allylic oxidation sites excluding steroid dienone is 1. The molecule has 0 unspecified atom stereocenters. The minimum atomic E-state index is -0.301. The van der Waals surface area contributed by atoms with Crippen LogP contribution in [0.15, 0.2) is 115 Å². The van der Waals surface area contributed by atoms with Crippen LogP contribution in [-0.4, -0.2) is 11.7 Å². The topological polar surface area (TPSA) is 52.8 Å². The van der Waals surface area contributed by atoms with Gasteiger partial charge in [0.2, 0.25) is 0 Å². The molecule has 1 atom stereocenters. The van der Waals surface area contributed by atoms with E-state index in [2.05, 4.69) is 62.2 Å². The van der Waals surface area contributed by atoms with Gasteiger partial charge in [0.15, 0.2) is 4.80 Å². The molecule has 43 heavy (non-hydrogen) atoms. The highest BCUT2D eigenvalue weighted by molar-refractivity contribution is 9.11. The molecule has 5 nitrogen and oxygen atoms in total. The number of fused-ring (bicyclic) bond motifs is 3. The van der Waals surface area contributed by atoms with Crippen LogP contribution in [0.3, 0.4) is 0 Å². The van der Waals surface area contributed by atoms with Crippen LogP contribution in [0, 0.1) is 0 Å². The van der Waals surface area contributed by atoms with Crippen molar-refractivity contribution in [2.24, 2.45) is 4.99 Å². The van der Waals surface area contributed by atoms with E-state index in [9.17, 15) is 4.79 Å². The van der Waals surface area contributed by atoms with Gasteiger partial charge in [-0.25, -0.2) is 4.99 Å². The lowest BCUT2D eigenvalue weighted by atomic mass is 9.83. The van der Waals surface area contributed by atoms with Crippen molar-refractivity contribution < 1.29 is 9.47 Å². The molecule has 2 heterocycles. The van der Waals surface area contributed by atoms with Crippen LogP contribution in [0.5, 0.6) is 11.5 Å². The van der Waals surface area contributed by atoms with Crippen LogP contribution in [0.1, 0.15) is 40.3 Å². The third kappa shape index (κ3) is 5.22. The summed E-state index contributed by atoms with van der Waals surface area (Å²) in [5.41, 5.74) is 7.39. The van der Waals surface area contributed by atoms with Gasteiger partial charge in [-0.05, 0) is 91.2 Å². The number of halogens is 2. The monoisotopic (exact) mass is 712 g/mol. The molecule has 0 saturated heterocycles. The van der Waals surface area contributed by atoms with Crippen molar-refractivity contribution in [1.29, 1.82) is 0 Å². The summed E-state index contributed by atoms with van der Waals surface area (Å²) in [6.07, 6.45) is 3.66. The molecule has 1 aliphatic heterocycles. The normalized spacial score (nSPS) is 15.8. The number of aromatic nitrogens is 1. The van der Waals surface area contributed by atoms with Crippen LogP contribution in [0.25, 0.3) is 11.8 Å². The second-order valence-electron chi connectivity index (χ2n) is 10.4. The summed E-state index contributed by atoms with van der Waals surface area (Å²) in [5.74, 6) is 1.47. The van der Waals surface area contributed by atoms with Gasteiger partial charge >= 0.3 is 0 Å². The number of thiazole rings is 1. The van der Waals surface area contributed by atoms with Gasteiger partial charge in [-0.3, -0.25) is 9.36 Å². The Balaban J connectivity index is 1.35. The highest BCUT2D eigenvalue weighted by Gasteiger charge is 2.34. The van der Waals surface area contributed by atoms with E-state index in [1.807, 2.05) is 71.3 Å². The average Bonchev–Trinajstić information content (AvgIpc) is 3.34. The molecule has 0 bridgehead atoms. The van der Waals surface area contributed by atoms with E-state index in [4.69, 9.17) is 14.5 Å². The number of nitrogens with zero attached hydrogens (tertiary/aromatic N) is 2. The van der Waals surface area contributed by atoms with Crippen molar-refractivity contribution >= 4 is 55.0 Å². The van der Waals surface area contributed by atoms with E-state index < -0.39 is 0 Å². The van der Waals surface area contributed by atoms with E-state index >= 15 is 0 Å². The fraction of sp³-hybridized carbons (Fsp3) is 0.143. The lowest BCUT2D eigenvalue weighted by Gasteiger charge is -2.31. The van der Waals surface area contributed by atoms with Gasteiger partial charge in [-0.2, -0.15) is 0 Å². The molecule has 7 rings (SSSR count). The Morgan fingerprint density at radius 3 is 2.47 bits per heavy atom. The van der Waals surface area contributed by atoms with Gasteiger partial charge in [0, 0.05) is 11.1 Å². The number of rotatable bonds is 6. The SMILES string of the molecule is COc1ccccc1[C@H]1C2=C(N=c3s/c(=C/c4cc(Br)c(OCc5ccccc5)c(Br)c4)c(=O)n31)c1ccccc1CC2. The fourth-order valence-corrected chi connectivity index (χ4v) is 8.32.